The maximum atomic E-state index is 11.2. The molecule has 18 heavy (non-hydrogen) atoms. The minimum absolute atomic E-state index is 0.0262. The van der Waals surface area contributed by atoms with Crippen LogP contribution in [0.4, 0.5) is 0 Å². The Bertz CT molecular complexity index is 229. The van der Waals surface area contributed by atoms with Crippen LogP contribution in [-0.2, 0) is 28.5 Å². The number of rotatable bonds is 11. The van der Waals surface area contributed by atoms with Crippen molar-refractivity contribution in [1.82, 2.24) is 0 Å². The molecule has 0 saturated heterocycles. The number of ether oxygens (including phenoxy) is 4. The molecule has 0 aromatic carbocycles. The molecule has 0 aliphatic heterocycles. The number of hydrogen-bond acceptors (Lipinski definition) is 6. The van der Waals surface area contributed by atoms with Gasteiger partial charge < -0.3 is 18.9 Å². The molecule has 0 aromatic rings. The van der Waals surface area contributed by atoms with Crippen LogP contribution in [0.3, 0.4) is 0 Å². The van der Waals surface area contributed by atoms with E-state index in [1.807, 2.05) is 6.92 Å². The van der Waals surface area contributed by atoms with Crippen LogP contribution >= 0.6 is 0 Å². The van der Waals surface area contributed by atoms with E-state index in [1.165, 1.54) is 7.11 Å². The number of esters is 2. The maximum Gasteiger partial charge on any atom is 0.306 e. The van der Waals surface area contributed by atoms with Crippen LogP contribution < -0.4 is 0 Å². The van der Waals surface area contributed by atoms with Crippen LogP contribution in [0.1, 0.15) is 26.2 Å². The molecule has 0 aromatic heterocycles. The maximum absolute atomic E-state index is 11.2. The quantitative estimate of drug-likeness (QED) is 0.407. The van der Waals surface area contributed by atoms with Crippen molar-refractivity contribution in [2.45, 2.75) is 26.2 Å². The lowest BCUT2D eigenvalue weighted by atomic mass is 10.3. The molecule has 0 aliphatic rings. The normalized spacial score (nSPS) is 10.1. The Morgan fingerprint density at radius 3 is 1.89 bits per heavy atom. The molecule has 6 nitrogen and oxygen atoms in total. The van der Waals surface area contributed by atoms with Crippen molar-refractivity contribution >= 4 is 11.9 Å². The summed E-state index contributed by atoms with van der Waals surface area (Å²) in [6, 6.07) is 0. The smallest absolute Gasteiger partial charge is 0.306 e. The fourth-order valence-electron chi connectivity index (χ4n) is 1.05. The molecule has 0 spiro atoms. The summed E-state index contributed by atoms with van der Waals surface area (Å²) in [6.07, 6.45) is 0.985. The van der Waals surface area contributed by atoms with Crippen molar-refractivity contribution in [3.05, 3.63) is 0 Å². The first-order valence-electron chi connectivity index (χ1n) is 6.08. The predicted octanol–water partition coefficient (Wildman–Crippen LogP) is 0.926. The lowest BCUT2D eigenvalue weighted by molar-refractivity contribution is -0.151. The van der Waals surface area contributed by atoms with Gasteiger partial charge in [0.05, 0.1) is 26.1 Å². The van der Waals surface area contributed by atoms with Crippen molar-refractivity contribution in [3.63, 3.8) is 0 Å². The Kier molecular flexibility index (Phi) is 11.5. The van der Waals surface area contributed by atoms with E-state index in [9.17, 15) is 9.59 Å². The highest BCUT2D eigenvalue weighted by atomic mass is 16.6. The molecule has 0 radical (unpaired) electrons. The first kappa shape index (κ1) is 16.9. The second-order valence-electron chi connectivity index (χ2n) is 3.55. The molecule has 0 aliphatic carbocycles. The van der Waals surface area contributed by atoms with Gasteiger partial charge in [-0.05, 0) is 6.42 Å². The average molecular weight is 262 g/mol. The van der Waals surface area contributed by atoms with Crippen molar-refractivity contribution in [1.29, 1.82) is 0 Å². The molecule has 0 N–H and O–H groups in total. The van der Waals surface area contributed by atoms with Gasteiger partial charge in [-0.3, -0.25) is 9.59 Å². The molecule has 6 heteroatoms. The largest absolute Gasteiger partial charge is 0.463 e. The van der Waals surface area contributed by atoms with E-state index in [-0.39, 0.29) is 26.1 Å². The van der Waals surface area contributed by atoms with Crippen molar-refractivity contribution < 1.29 is 28.5 Å². The summed E-state index contributed by atoms with van der Waals surface area (Å²) in [6.45, 7) is 3.82. The number of hydrogen-bond donors (Lipinski definition) is 0. The zero-order valence-corrected chi connectivity index (χ0v) is 11.1. The molecular formula is C12H22O6. The van der Waals surface area contributed by atoms with Gasteiger partial charge in [-0.2, -0.15) is 0 Å². The summed E-state index contributed by atoms with van der Waals surface area (Å²) in [7, 11) is 1.52. The van der Waals surface area contributed by atoms with E-state index in [4.69, 9.17) is 18.9 Å². The van der Waals surface area contributed by atoms with E-state index in [1.54, 1.807) is 0 Å². The monoisotopic (exact) mass is 262 g/mol. The lowest BCUT2D eigenvalue weighted by Crippen LogP contribution is -2.14. The minimum Gasteiger partial charge on any atom is -0.463 e. The zero-order valence-electron chi connectivity index (χ0n) is 11.1. The van der Waals surface area contributed by atoms with Gasteiger partial charge in [-0.1, -0.05) is 6.92 Å². The van der Waals surface area contributed by atoms with Gasteiger partial charge in [0.25, 0.3) is 0 Å². The molecule has 0 rings (SSSR count). The molecule has 0 saturated carbocycles. The van der Waals surface area contributed by atoms with E-state index < -0.39 is 11.9 Å². The lowest BCUT2D eigenvalue weighted by Gasteiger charge is -2.06. The van der Waals surface area contributed by atoms with Gasteiger partial charge in [0, 0.05) is 13.7 Å². The third-order valence-electron chi connectivity index (χ3n) is 1.92. The van der Waals surface area contributed by atoms with Gasteiger partial charge in [0.2, 0.25) is 0 Å². The molecule has 0 fully saturated rings. The fourth-order valence-corrected chi connectivity index (χ4v) is 1.05. The van der Waals surface area contributed by atoms with Crippen LogP contribution in [0.25, 0.3) is 0 Å². The van der Waals surface area contributed by atoms with E-state index >= 15 is 0 Å². The highest BCUT2D eigenvalue weighted by Crippen LogP contribution is 1.96. The predicted molar refractivity (Wildman–Crippen MR) is 64.1 cm³/mol. The number of carbonyl (C=O) groups is 2. The summed E-state index contributed by atoms with van der Waals surface area (Å²) in [4.78, 5) is 22.3. The standard InChI is InChI=1S/C12H22O6/c1-3-6-16-8-10-18-12(14)5-4-11(13)17-9-7-15-2/h3-10H2,1-2H3. The zero-order chi connectivity index (χ0) is 13.6. The van der Waals surface area contributed by atoms with E-state index in [0.717, 1.165) is 6.42 Å². The van der Waals surface area contributed by atoms with Gasteiger partial charge in [-0.15, -0.1) is 0 Å². The summed E-state index contributed by atoms with van der Waals surface area (Å²) in [5.41, 5.74) is 0. The Morgan fingerprint density at radius 2 is 1.39 bits per heavy atom. The first-order chi connectivity index (χ1) is 8.70. The summed E-state index contributed by atoms with van der Waals surface area (Å²) in [5.74, 6) is -0.843. The third kappa shape index (κ3) is 11.3. The van der Waals surface area contributed by atoms with Crippen LogP contribution in [0, 0.1) is 0 Å². The topological polar surface area (TPSA) is 71.1 Å². The third-order valence-corrected chi connectivity index (χ3v) is 1.92. The van der Waals surface area contributed by atoms with Gasteiger partial charge in [0.15, 0.2) is 0 Å². The van der Waals surface area contributed by atoms with E-state index in [0.29, 0.717) is 19.8 Å². The second kappa shape index (κ2) is 12.3. The second-order valence-corrected chi connectivity index (χ2v) is 3.55. The number of methoxy groups -OCH3 is 1. The van der Waals surface area contributed by atoms with Crippen LogP contribution in [0.5, 0.6) is 0 Å². The SMILES string of the molecule is CCCOCCOC(=O)CCC(=O)OCCOC. The van der Waals surface area contributed by atoms with Crippen molar-refractivity contribution in [3.8, 4) is 0 Å². The molecule has 0 unspecified atom stereocenters. The molecule has 0 amide bonds. The molecule has 0 bridgehead atoms. The van der Waals surface area contributed by atoms with Gasteiger partial charge in [-0.25, -0.2) is 0 Å². The van der Waals surface area contributed by atoms with Crippen molar-refractivity contribution in [2.75, 3.05) is 40.1 Å². The summed E-state index contributed by atoms with van der Waals surface area (Å²) < 4.78 is 19.5. The summed E-state index contributed by atoms with van der Waals surface area (Å²) >= 11 is 0. The molecular weight excluding hydrogens is 240 g/mol. The molecule has 0 heterocycles. The fraction of sp³-hybridized carbons (Fsp3) is 0.833. The Balaban J connectivity index is 3.37. The summed E-state index contributed by atoms with van der Waals surface area (Å²) in [5, 5.41) is 0. The van der Waals surface area contributed by atoms with Gasteiger partial charge in [0.1, 0.15) is 13.2 Å². The molecule has 106 valence electrons. The number of carbonyl (C=O) groups excluding carboxylic acids is 2. The van der Waals surface area contributed by atoms with Gasteiger partial charge >= 0.3 is 11.9 Å². The Labute approximate surface area is 108 Å². The van der Waals surface area contributed by atoms with Crippen LogP contribution in [0.2, 0.25) is 0 Å². The Hall–Kier alpha value is -1.14. The molecule has 0 atom stereocenters. The van der Waals surface area contributed by atoms with Crippen LogP contribution in [0.15, 0.2) is 0 Å². The van der Waals surface area contributed by atoms with Crippen LogP contribution in [-0.4, -0.2) is 52.1 Å². The minimum atomic E-state index is -0.425. The van der Waals surface area contributed by atoms with Crippen molar-refractivity contribution in [2.24, 2.45) is 0 Å². The average Bonchev–Trinajstić information content (AvgIpc) is 2.36. The highest BCUT2D eigenvalue weighted by molar-refractivity contribution is 5.77. The van der Waals surface area contributed by atoms with E-state index in [2.05, 4.69) is 0 Å². The highest BCUT2D eigenvalue weighted by Gasteiger charge is 2.08. The Morgan fingerprint density at radius 1 is 0.833 bits per heavy atom. The first-order valence-corrected chi connectivity index (χ1v) is 6.08.